The third-order valence-electron chi connectivity index (χ3n) is 5.62. The Morgan fingerprint density at radius 1 is 0.771 bits per heavy atom. The number of hydrogen-bond acceptors (Lipinski definition) is 5. The Morgan fingerprint density at radius 3 is 1.74 bits per heavy atom. The Labute approximate surface area is 210 Å². The molecule has 3 aromatic carbocycles. The first kappa shape index (κ1) is 26.6. The predicted molar refractivity (Wildman–Crippen MR) is 145 cm³/mol. The van der Waals surface area contributed by atoms with Crippen LogP contribution in [0.25, 0.3) is 0 Å². The van der Waals surface area contributed by atoms with Gasteiger partial charge in [-0.15, -0.1) is 0 Å². The van der Waals surface area contributed by atoms with Gasteiger partial charge in [-0.1, -0.05) is 36.9 Å². The number of benzene rings is 3. The molecule has 0 saturated heterocycles. The normalized spacial score (nSPS) is 11.3. The second-order valence-electron chi connectivity index (χ2n) is 7.93. The highest BCUT2D eigenvalue weighted by Crippen LogP contribution is 2.34. The summed E-state index contributed by atoms with van der Waals surface area (Å²) >= 11 is 0. The smallest absolute Gasteiger partial charge is 0.374 e. The summed E-state index contributed by atoms with van der Waals surface area (Å²) in [6.45, 7) is 11.2. The fourth-order valence-electron chi connectivity index (χ4n) is 4.03. The van der Waals surface area contributed by atoms with Crippen LogP contribution in [0.4, 0.5) is 17.1 Å². The van der Waals surface area contributed by atoms with Crippen molar-refractivity contribution in [2.75, 3.05) is 24.7 Å². The highest BCUT2D eigenvalue weighted by Gasteiger charge is 2.39. The third kappa shape index (κ3) is 6.99. The van der Waals surface area contributed by atoms with E-state index in [2.05, 4.69) is 47.9 Å². The number of carbonyl (C=O) groups excluding carboxylic acids is 1. The molecule has 0 radical (unpaired) electrons. The molecular formula is C29H35NO4Si. The van der Waals surface area contributed by atoms with Gasteiger partial charge in [0.2, 0.25) is 0 Å². The van der Waals surface area contributed by atoms with E-state index in [0.29, 0.717) is 25.4 Å². The minimum atomic E-state index is -2.68. The van der Waals surface area contributed by atoms with Gasteiger partial charge in [0.05, 0.1) is 0 Å². The average molecular weight is 490 g/mol. The molecule has 0 atom stereocenters. The summed E-state index contributed by atoms with van der Waals surface area (Å²) in [6.07, 6.45) is 2.15. The van der Waals surface area contributed by atoms with Gasteiger partial charge in [-0.3, -0.25) is 4.79 Å². The summed E-state index contributed by atoms with van der Waals surface area (Å²) in [6, 6.07) is 27.1. The number of allylic oxidation sites excluding steroid dienone is 1. The monoisotopic (exact) mass is 489 g/mol. The van der Waals surface area contributed by atoms with Crippen LogP contribution in [0.1, 0.15) is 36.7 Å². The van der Waals surface area contributed by atoms with E-state index in [-0.39, 0.29) is 5.78 Å². The first-order valence-corrected chi connectivity index (χ1v) is 14.1. The predicted octanol–water partition coefficient (Wildman–Crippen LogP) is 7.12. The van der Waals surface area contributed by atoms with Crippen LogP contribution >= 0.6 is 0 Å². The van der Waals surface area contributed by atoms with Crippen molar-refractivity contribution in [2.45, 2.75) is 33.2 Å². The fourth-order valence-corrected chi connectivity index (χ4v) is 6.62. The van der Waals surface area contributed by atoms with E-state index in [0.717, 1.165) is 29.5 Å². The molecule has 0 unspecified atom stereocenters. The van der Waals surface area contributed by atoms with Gasteiger partial charge in [0.1, 0.15) is 0 Å². The maximum atomic E-state index is 12.0. The molecule has 5 nitrogen and oxygen atoms in total. The van der Waals surface area contributed by atoms with E-state index in [4.69, 9.17) is 13.3 Å². The van der Waals surface area contributed by atoms with Crippen LogP contribution in [-0.2, 0) is 19.7 Å². The number of nitrogens with zero attached hydrogens (tertiary/aromatic N) is 1. The zero-order valence-electron chi connectivity index (χ0n) is 20.9. The lowest BCUT2D eigenvalue weighted by Gasteiger charge is -2.28. The fraction of sp³-hybridized carbons (Fsp3) is 0.276. The number of ketones is 1. The zero-order chi connectivity index (χ0) is 25.1. The topological polar surface area (TPSA) is 48.0 Å². The van der Waals surface area contributed by atoms with Crippen LogP contribution in [-0.4, -0.2) is 34.4 Å². The number of carbonyl (C=O) groups is 1. The summed E-state index contributed by atoms with van der Waals surface area (Å²) in [5.74, 6) is -0.0852. The second kappa shape index (κ2) is 13.2. The number of hydrogen-bond donors (Lipinski definition) is 0. The Morgan fingerprint density at radius 2 is 1.26 bits per heavy atom. The van der Waals surface area contributed by atoms with Crippen molar-refractivity contribution in [3.8, 4) is 0 Å². The summed E-state index contributed by atoms with van der Waals surface area (Å²) in [5, 5.41) is 0. The highest BCUT2D eigenvalue weighted by atomic mass is 28.4. The van der Waals surface area contributed by atoms with Gasteiger partial charge in [0, 0.05) is 48.5 Å². The molecule has 35 heavy (non-hydrogen) atoms. The minimum absolute atomic E-state index is 0.0852. The Hall–Kier alpha value is -3.03. The maximum Gasteiger partial charge on any atom is 0.501 e. The van der Waals surface area contributed by atoms with E-state index < -0.39 is 8.80 Å². The van der Waals surface area contributed by atoms with Gasteiger partial charge in [-0.25, -0.2) is 0 Å². The molecule has 0 fully saturated rings. The van der Waals surface area contributed by atoms with Gasteiger partial charge in [0.15, 0.2) is 5.78 Å². The zero-order valence-corrected chi connectivity index (χ0v) is 21.9. The standard InChI is InChI=1S/C29H35NO4Si/c1-5-29(31)25-16-20-28(21-17-25)30(26-12-10-9-11-13-26)27-18-14-24(15-19-27)22-23-35(32-6-2,33-7-3)34-8-4/h5,9-21H,1,6-8,22-23H2,2-4H3. The van der Waals surface area contributed by atoms with Gasteiger partial charge in [0.25, 0.3) is 0 Å². The molecule has 0 aliphatic rings. The number of anilines is 3. The van der Waals surface area contributed by atoms with Crippen LogP contribution < -0.4 is 4.90 Å². The van der Waals surface area contributed by atoms with Gasteiger partial charge < -0.3 is 18.2 Å². The summed E-state index contributed by atoms with van der Waals surface area (Å²) in [7, 11) is -2.68. The van der Waals surface area contributed by atoms with Crippen molar-refractivity contribution in [1.29, 1.82) is 0 Å². The first-order valence-electron chi connectivity index (χ1n) is 12.2. The van der Waals surface area contributed by atoms with Gasteiger partial charge >= 0.3 is 8.80 Å². The van der Waals surface area contributed by atoms with E-state index in [1.807, 2.05) is 63.2 Å². The molecule has 0 amide bonds. The quantitative estimate of drug-likeness (QED) is 0.137. The molecule has 0 aliphatic heterocycles. The van der Waals surface area contributed by atoms with Crippen molar-refractivity contribution >= 4 is 31.6 Å². The molecule has 3 aromatic rings. The molecule has 6 heteroatoms. The molecule has 3 rings (SSSR count). The minimum Gasteiger partial charge on any atom is -0.374 e. The molecule has 0 N–H and O–H groups in total. The number of aryl methyl sites for hydroxylation is 1. The first-order chi connectivity index (χ1) is 17.1. The third-order valence-corrected chi connectivity index (χ3v) is 8.66. The Balaban J connectivity index is 1.85. The van der Waals surface area contributed by atoms with Gasteiger partial charge in [-0.05, 0) is 87.4 Å². The van der Waals surface area contributed by atoms with E-state index in [1.165, 1.54) is 11.6 Å². The average Bonchev–Trinajstić information content (AvgIpc) is 2.89. The molecule has 0 heterocycles. The molecule has 0 spiro atoms. The lowest BCUT2D eigenvalue weighted by atomic mass is 10.1. The van der Waals surface area contributed by atoms with E-state index >= 15 is 0 Å². The van der Waals surface area contributed by atoms with Crippen LogP contribution in [0, 0.1) is 0 Å². The lowest BCUT2D eigenvalue weighted by Crippen LogP contribution is -2.46. The maximum absolute atomic E-state index is 12.0. The molecular weight excluding hydrogens is 454 g/mol. The second-order valence-corrected chi connectivity index (χ2v) is 10.7. The van der Waals surface area contributed by atoms with Crippen molar-refractivity contribution in [3.63, 3.8) is 0 Å². The van der Waals surface area contributed by atoms with Crippen LogP contribution in [0.5, 0.6) is 0 Å². The Kier molecular flexibility index (Phi) is 9.99. The van der Waals surface area contributed by atoms with Gasteiger partial charge in [-0.2, -0.15) is 0 Å². The SMILES string of the molecule is C=CC(=O)c1ccc(N(c2ccccc2)c2ccc(CC[Si](OCC)(OCC)OCC)cc2)cc1. The van der Waals surface area contributed by atoms with Crippen LogP contribution in [0.3, 0.4) is 0 Å². The molecule has 0 bridgehead atoms. The summed E-state index contributed by atoms with van der Waals surface area (Å²) < 4.78 is 18.0. The largest absolute Gasteiger partial charge is 0.501 e. The molecule has 0 aromatic heterocycles. The number of para-hydroxylation sites is 1. The lowest BCUT2D eigenvalue weighted by molar-refractivity contribution is 0.0714. The van der Waals surface area contributed by atoms with Crippen molar-refractivity contribution in [1.82, 2.24) is 0 Å². The van der Waals surface area contributed by atoms with E-state index in [1.54, 1.807) is 0 Å². The van der Waals surface area contributed by atoms with E-state index in [9.17, 15) is 4.79 Å². The van der Waals surface area contributed by atoms with Crippen molar-refractivity contribution in [2.24, 2.45) is 0 Å². The van der Waals surface area contributed by atoms with Crippen molar-refractivity contribution < 1.29 is 18.1 Å². The van der Waals surface area contributed by atoms with Crippen LogP contribution in [0.2, 0.25) is 6.04 Å². The summed E-state index contributed by atoms with van der Waals surface area (Å²) in [5.41, 5.74) is 4.87. The molecule has 184 valence electrons. The molecule has 0 aliphatic carbocycles. The number of rotatable bonds is 14. The van der Waals surface area contributed by atoms with Crippen LogP contribution in [0.15, 0.2) is 91.5 Å². The highest BCUT2D eigenvalue weighted by molar-refractivity contribution is 6.60. The van der Waals surface area contributed by atoms with Crippen molar-refractivity contribution in [3.05, 3.63) is 103 Å². The summed E-state index contributed by atoms with van der Waals surface area (Å²) in [4.78, 5) is 14.1. The molecule has 0 saturated carbocycles. The Bertz CT molecular complexity index is 1050.